The molecule has 26 heavy (non-hydrogen) atoms. The topological polar surface area (TPSA) is 38.0 Å². The Morgan fingerprint density at radius 2 is 1.73 bits per heavy atom. The highest BCUT2D eigenvalue weighted by Gasteiger charge is 2.09. The van der Waals surface area contributed by atoms with Crippen molar-refractivity contribution in [1.82, 2.24) is 5.43 Å². The lowest BCUT2D eigenvalue weighted by atomic mass is 9.93. The van der Waals surface area contributed by atoms with Crippen LogP contribution < -0.4 is 11.3 Å². The minimum absolute atomic E-state index is 0.248. The molecule has 1 unspecified atom stereocenters. The first-order valence-electron chi connectivity index (χ1n) is 8.88. The molecule has 0 aliphatic rings. The number of nitrogens with two attached hydrogens (primary N) is 1. The fraction of sp³-hybridized carbons (Fsp3) is 0.167. The smallest absolute Gasteiger partial charge is 0.0523 e. The van der Waals surface area contributed by atoms with Crippen molar-refractivity contribution in [3.05, 3.63) is 103 Å². The van der Waals surface area contributed by atoms with E-state index in [2.05, 4.69) is 78.5 Å². The van der Waals surface area contributed by atoms with E-state index < -0.39 is 0 Å². The number of hydrogen-bond acceptors (Lipinski definition) is 2. The number of hydrogen-bond donors (Lipinski definition) is 2. The van der Waals surface area contributed by atoms with Gasteiger partial charge in [0.15, 0.2) is 0 Å². The number of allylic oxidation sites excluding steroid dienone is 4. The molecule has 0 bridgehead atoms. The van der Waals surface area contributed by atoms with E-state index in [1.165, 1.54) is 5.56 Å². The summed E-state index contributed by atoms with van der Waals surface area (Å²) in [7, 11) is 0. The van der Waals surface area contributed by atoms with Gasteiger partial charge in [0.1, 0.15) is 0 Å². The van der Waals surface area contributed by atoms with E-state index in [1.54, 1.807) is 6.08 Å². The molecule has 3 N–H and O–H groups in total. The Hall–Kier alpha value is -3.02. The molecule has 0 saturated heterocycles. The maximum absolute atomic E-state index is 5.79. The van der Waals surface area contributed by atoms with Crippen molar-refractivity contribution >= 4 is 5.70 Å². The van der Waals surface area contributed by atoms with Crippen molar-refractivity contribution in [2.24, 2.45) is 5.84 Å². The van der Waals surface area contributed by atoms with Crippen LogP contribution in [0.2, 0.25) is 0 Å². The van der Waals surface area contributed by atoms with Crippen LogP contribution in [0.1, 0.15) is 36.3 Å². The van der Waals surface area contributed by atoms with Crippen LogP contribution in [-0.4, -0.2) is 0 Å². The van der Waals surface area contributed by atoms with Gasteiger partial charge in [-0.3, -0.25) is 5.84 Å². The van der Waals surface area contributed by atoms with Crippen molar-refractivity contribution in [1.29, 1.82) is 0 Å². The first-order chi connectivity index (χ1) is 12.8. The Balaban J connectivity index is 2.15. The van der Waals surface area contributed by atoms with Crippen LogP contribution in [-0.2, 0) is 0 Å². The van der Waals surface area contributed by atoms with Gasteiger partial charge in [0.05, 0.1) is 5.70 Å². The van der Waals surface area contributed by atoms with E-state index in [0.29, 0.717) is 0 Å². The summed E-state index contributed by atoms with van der Waals surface area (Å²) in [5.41, 5.74) is 6.14. The number of nitrogens with one attached hydrogen (secondary N) is 1. The molecule has 0 aromatic heterocycles. The molecule has 0 fully saturated rings. The quantitative estimate of drug-likeness (QED) is 0.228. The first kappa shape index (κ1) is 19.3. The average Bonchev–Trinajstić information content (AvgIpc) is 2.71. The highest BCUT2D eigenvalue weighted by Crippen LogP contribution is 2.25. The average molecular weight is 342 g/mol. The standard InChI is InChI=1S/C24H26N2/c1-2-3-4-5-6-7-10-19-23(21-15-11-8-12-16-21)20-24(26-25)22-17-13-9-14-18-22/h2,7-18,20,23,26H,1,5-6,19,25H2/b10-7-,24-20-. The largest absolute Gasteiger partial charge is 0.324 e. The number of benzene rings is 2. The predicted molar refractivity (Wildman–Crippen MR) is 112 cm³/mol. The molecule has 0 heterocycles. The van der Waals surface area contributed by atoms with Gasteiger partial charge in [-0.15, -0.1) is 0 Å². The Morgan fingerprint density at radius 3 is 2.38 bits per heavy atom. The molecular weight excluding hydrogens is 316 g/mol. The van der Waals surface area contributed by atoms with Gasteiger partial charge in [-0.1, -0.05) is 97.3 Å². The Morgan fingerprint density at radius 1 is 1.04 bits per heavy atom. The van der Waals surface area contributed by atoms with Gasteiger partial charge in [-0.2, -0.15) is 0 Å². The van der Waals surface area contributed by atoms with Gasteiger partial charge in [-0.05, 0) is 30.0 Å². The lowest BCUT2D eigenvalue weighted by Crippen LogP contribution is -2.20. The minimum atomic E-state index is 0.248. The van der Waals surface area contributed by atoms with E-state index in [0.717, 1.165) is 30.5 Å². The lowest BCUT2D eigenvalue weighted by molar-refractivity contribution is 0.847. The second kappa shape index (κ2) is 11.5. The van der Waals surface area contributed by atoms with Crippen molar-refractivity contribution in [3.63, 3.8) is 0 Å². The van der Waals surface area contributed by atoms with Crippen LogP contribution in [0.3, 0.4) is 0 Å². The van der Waals surface area contributed by atoms with E-state index in [9.17, 15) is 0 Å². The third-order valence-electron chi connectivity index (χ3n) is 4.03. The van der Waals surface area contributed by atoms with Crippen LogP contribution in [0.25, 0.3) is 5.70 Å². The van der Waals surface area contributed by atoms with Crippen LogP contribution in [0.15, 0.2) is 91.5 Å². The zero-order valence-corrected chi connectivity index (χ0v) is 15.1. The fourth-order valence-electron chi connectivity index (χ4n) is 2.71. The van der Waals surface area contributed by atoms with Crippen LogP contribution in [0, 0.1) is 11.8 Å². The minimum Gasteiger partial charge on any atom is -0.324 e. The number of hydrazine groups is 1. The zero-order chi connectivity index (χ0) is 18.5. The van der Waals surface area contributed by atoms with Crippen molar-refractivity contribution in [2.75, 3.05) is 0 Å². The van der Waals surface area contributed by atoms with Crippen molar-refractivity contribution < 1.29 is 0 Å². The molecule has 2 rings (SSSR count). The number of unbranched alkanes of at least 4 members (excludes halogenated alkanes) is 1. The molecule has 0 spiro atoms. The van der Waals surface area contributed by atoms with Gasteiger partial charge in [0, 0.05) is 12.3 Å². The molecule has 2 nitrogen and oxygen atoms in total. The number of rotatable bonds is 8. The molecule has 0 amide bonds. The molecule has 0 aliphatic heterocycles. The molecule has 0 saturated carbocycles. The monoisotopic (exact) mass is 342 g/mol. The van der Waals surface area contributed by atoms with E-state index in [1.807, 2.05) is 24.3 Å². The second-order valence-corrected chi connectivity index (χ2v) is 5.88. The molecule has 2 aromatic carbocycles. The predicted octanol–water partition coefficient (Wildman–Crippen LogP) is 5.19. The Kier molecular flexibility index (Phi) is 8.55. The summed E-state index contributed by atoms with van der Waals surface area (Å²) < 4.78 is 0. The third-order valence-corrected chi connectivity index (χ3v) is 4.03. The van der Waals surface area contributed by atoms with E-state index in [4.69, 9.17) is 5.84 Å². The van der Waals surface area contributed by atoms with Gasteiger partial charge < -0.3 is 5.43 Å². The summed E-state index contributed by atoms with van der Waals surface area (Å²) in [5.74, 6) is 12.0. The van der Waals surface area contributed by atoms with E-state index >= 15 is 0 Å². The summed E-state index contributed by atoms with van der Waals surface area (Å²) >= 11 is 0. The maximum Gasteiger partial charge on any atom is 0.0523 e. The van der Waals surface area contributed by atoms with E-state index in [-0.39, 0.29) is 5.92 Å². The fourth-order valence-corrected chi connectivity index (χ4v) is 2.71. The highest BCUT2D eigenvalue weighted by molar-refractivity contribution is 5.64. The summed E-state index contributed by atoms with van der Waals surface area (Å²) in [6.07, 6.45) is 11.0. The second-order valence-electron chi connectivity index (χ2n) is 5.88. The van der Waals surface area contributed by atoms with Gasteiger partial charge >= 0.3 is 0 Å². The molecular formula is C24H26N2. The van der Waals surface area contributed by atoms with Crippen LogP contribution >= 0.6 is 0 Å². The maximum atomic E-state index is 5.79. The highest BCUT2D eigenvalue weighted by atomic mass is 15.2. The Bertz CT molecular complexity index is 777. The third kappa shape index (κ3) is 6.47. The van der Waals surface area contributed by atoms with Crippen LogP contribution in [0.4, 0.5) is 0 Å². The summed E-state index contributed by atoms with van der Waals surface area (Å²) in [5, 5.41) is 0. The van der Waals surface area contributed by atoms with Crippen molar-refractivity contribution in [3.8, 4) is 11.8 Å². The SMILES string of the molecule is C=CC#CCC/C=C\CC(/C=C(\NN)c1ccccc1)c1ccccc1. The zero-order valence-electron chi connectivity index (χ0n) is 15.1. The molecule has 2 heteroatoms. The summed E-state index contributed by atoms with van der Waals surface area (Å²) in [6.45, 7) is 3.60. The molecule has 0 aliphatic carbocycles. The van der Waals surface area contributed by atoms with Crippen molar-refractivity contribution in [2.45, 2.75) is 25.2 Å². The Labute approximate surface area is 157 Å². The summed E-state index contributed by atoms with van der Waals surface area (Å²) in [6, 6.07) is 20.6. The summed E-state index contributed by atoms with van der Waals surface area (Å²) in [4.78, 5) is 0. The van der Waals surface area contributed by atoms with Gasteiger partial charge in [0.2, 0.25) is 0 Å². The molecule has 2 aromatic rings. The lowest BCUT2D eigenvalue weighted by Gasteiger charge is -2.15. The molecule has 0 radical (unpaired) electrons. The molecule has 1 atom stereocenters. The van der Waals surface area contributed by atoms with Crippen LogP contribution in [0.5, 0.6) is 0 Å². The van der Waals surface area contributed by atoms with Gasteiger partial charge in [-0.25, -0.2) is 0 Å². The molecule has 132 valence electrons. The normalized spacial score (nSPS) is 12.3. The first-order valence-corrected chi connectivity index (χ1v) is 8.88. The van der Waals surface area contributed by atoms with Gasteiger partial charge in [0.25, 0.3) is 0 Å².